The summed E-state index contributed by atoms with van der Waals surface area (Å²) < 4.78 is 33.6. The molecule has 0 spiro atoms. The minimum absolute atomic E-state index is 0.000665. The highest BCUT2D eigenvalue weighted by molar-refractivity contribution is 7.92. The van der Waals surface area contributed by atoms with Crippen LogP contribution in [-0.2, 0) is 14.8 Å². The van der Waals surface area contributed by atoms with Crippen LogP contribution in [0.2, 0.25) is 0 Å². The first-order chi connectivity index (χ1) is 15.9. The van der Waals surface area contributed by atoms with E-state index < -0.39 is 10.0 Å². The van der Waals surface area contributed by atoms with Crippen LogP contribution >= 0.6 is 11.3 Å². The molecule has 1 aliphatic carbocycles. The molecule has 6 rings (SSSR count). The SMILES string of the molecule is C[C@@H]1COCCN1c1nc(-c2ccnc3[nH]ccc23)nc2c(N(C3CC3)S(C)(=O)=O)csc12. The maximum absolute atomic E-state index is 12.7. The van der Waals surface area contributed by atoms with Crippen molar-refractivity contribution in [3.63, 3.8) is 0 Å². The largest absolute Gasteiger partial charge is 0.377 e. The van der Waals surface area contributed by atoms with Gasteiger partial charge >= 0.3 is 0 Å². The molecule has 1 aliphatic heterocycles. The van der Waals surface area contributed by atoms with Gasteiger partial charge in [0.1, 0.15) is 11.2 Å². The van der Waals surface area contributed by atoms with Crippen molar-refractivity contribution in [3.05, 3.63) is 29.9 Å². The molecular formula is C22H24N6O3S2. The van der Waals surface area contributed by atoms with Crippen LogP contribution < -0.4 is 9.21 Å². The summed E-state index contributed by atoms with van der Waals surface area (Å²) in [6, 6.07) is 4.02. The lowest BCUT2D eigenvalue weighted by atomic mass is 10.1. The lowest BCUT2D eigenvalue weighted by molar-refractivity contribution is 0.0987. The number of hydrogen-bond donors (Lipinski definition) is 1. The Morgan fingerprint density at radius 2 is 2.12 bits per heavy atom. The van der Waals surface area contributed by atoms with Crippen LogP contribution in [-0.4, -0.2) is 66.5 Å². The van der Waals surface area contributed by atoms with Gasteiger partial charge in [0, 0.05) is 41.3 Å². The van der Waals surface area contributed by atoms with Crippen molar-refractivity contribution in [1.29, 1.82) is 0 Å². The lowest BCUT2D eigenvalue weighted by Gasteiger charge is -2.34. The smallest absolute Gasteiger partial charge is 0.232 e. The molecule has 0 bridgehead atoms. The van der Waals surface area contributed by atoms with E-state index in [-0.39, 0.29) is 12.1 Å². The zero-order chi connectivity index (χ0) is 22.7. The number of anilines is 2. The highest BCUT2D eigenvalue weighted by Crippen LogP contribution is 2.44. The van der Waals surface area contributed by atoms with Gasteiger partial charge in [-0.05, 0) is 31.9 Å². The second kappa shape index (κ2) is 7.64. The molecule has 9 nitrogen and oxygen atoms in total. The summed E-state index contributed by atoms with van der Waals surface area (Å²) in [5.74, 6) is 1.39. The summed E-state index contributed by atoms with van der Waals surface area (Å²) in [4.78, 5) is 19.8. The number of morpholine rings is 1. The number of thiophene rings is 1. The van der Waals surface area contributed by atoms with E-state index in [4.69, 9.17) is 14.7 Å². The molecule has 1 saturated carbocycles. The predicted molar refractivity (Wildman–Crippen MR) is 130 cm³/mol. The molecule has 2 aliphatic rings. The first kappa shape index (κ1) is 20.8. The summed E-state index contributed by atoms with van der Waals surface area (Å²) in [6.45, 7) is 4.07. The number of aromatic amines is 1. The Kier molecular flexibility index (Phi) is 4.82. The number of rotatable bonds is 5. The Morgan fingerprint density at radius 1 is 1.27 bits per heavy atom. The van der Waals surface area contributed by atoms with Crippen molar-refractivity contribution in [1.82, 2.24) is 19.9 Å². The maximum Gasteiger partial charge on any atom is 0.232 e. The molecule has 1 N–H and O–H groups in total. The van der Waals surface area contributed by atoms with Gasteiger partial charge in [0.15, 0.2) is 11.6 Å². The van der Waals surface area contributed by atoms with Crippen LogP contribution in [0.25, 0.3) is 32.6 Å². The van der Waals surface area contributed by atoms with Crippen molar-refractivity contribution in [3.8, 4) is 11.4 Å². The number of fused-ring (bicyclic) bond motifs is 2. The van der Waals surface area contributed by atoms with Crippen LogP contribution in [0.3, 0.4) is 0 Å². The van der Waals surface area contributed by atoms with Crippen LogP contribution in [0, 0.1) is 0 Å². The summed E-state index contributed by atoms with van der Waals surface area (Å²) in [5, 5.41) is 2.84. The van der Waals surface area contributed by atoms with Crippen molar-refractivity contribution >= 4 is 54.1 Å². The minimum Gasteiger partial charge on any atom is -0.377 e. The fourth-order valence-electron chi connectivity index (χ4n) is 4.52. The Hall–Kier alpha value is -2.76. The minimum atomic E-state index is -3.44. The zero-order valence-electron chi connectivity index (χ0n) is 18.4. The number of pyridine rings is 1. The van der Waals surface area contributed by atoms with Crippen LogP contribution in [0.5, 0.6) is 0 Å². The van der Waals surface area contributed by atoms with Gasteiger partial charge in [-0.1, -0.05) is 0 Å². The molecule has 4 aromatic heterocycles. The zero-order valence-corrected chi connectivity index (χ0v) is 20.0. The molecule has 2 fully saturated rings. The van der Waals surface area contributed by atoms with Gasteiger partial charge in [0.05, 0.1) is 35.9 Å². The maximum atomic E-state index is 12.7. The van der Waals surface area contributed by atoms with E-state index in [0.717, 1.165) is 40.0 Å². The molecule has 0 aromatic carbocycles. The molecule has 4 aromatic rings. The van der Waals surface area contributed by atoms with Crippen LogP contribution in [0.1, 0.15) is 19.8 Å². The summed E-state index contributed by atoms with van der Waals surface area (Å²) in [7, 11) is -3.44. The van der Waals surface area contributed by atoms with Crippen molar-refractivity contribution in [2.24, 2.45) is 0 Å². The molecule has 1 atom stereocenters. The molecular weight excluding hydrogens is 460 g/mol. The Morgan fingerprint density at radius 3 is 2.88 bits per heavy atom. The van der Waals surface area contributed by atoms with Gasteiger partial charge in [0.2, 0.25) is 10.0 Å². The van der Waals surface area contributed by atoms with Gasteiger partial charge in [-0.2, -0.15) is 0 Å². The highest BCUT2D eigenvalue weighted by atomic mass is 32.2. The second-order valence-corrected chi connectivity index (χ2v) is 11.4. The van der Waals surface area contributed by atoms with Crippen molar-refractivity contribution in [2.45, 2.75) is 31.8 Å². The molecule has 0 amide bonds. The average molecular weight is 485 g/mol. The molecule has 5 heterocycles. The van der Waals surface area contributed by atoms with E-state index in [0.29, 0.717) is 36.8 Å². The normalized spacial score (nSPS) is 19.5. The van der Waals surface area contributed by atoms with Gasteiger partial charge in [-0.3, -0.25) is 4.31 Å². The number of nitrogens with one attached hydrogen (secondary N) is 1. The molecule has 0 unspecified atom stereocenters. The van der Waals surface area contributed by atoms with Crippen molar-refractivity contribution in [2.75, 3.05) is 35.2 Å². The predicted octanol–water partition coefficient (Wildman–Crippen LogP) is 3.39. The molecule has 0 radical (unpaired) electrons. The number of H-pyrrole nitrogens is 1. The fourth-order valence-corrected chi connectivity index (χ4v) is 6.82. The number of aromatic nitrogens is 4. The standard InChI is InChI=1S/C22H24N6O3S2/c1-13-11-31-10-9-27(13)22-19-18(17(12-32-19)28(14-3-4-14)33(2,29)30)25-21(26-22)16-6-8-24-20-15(16)5-7-23-20/h5-8,12-14H,3-4,9-11H2,1-2H3,(H,23,24)/t13-/m1/s1. The Bertz CT molecular complexity index is 1460. The van der Waals surface area contributed by atoms with Gasteiger partial charge in [0.25, 0.3) is 0 Å². The van der Waals surface area contributed by atoms with E-state index in [2.05, 4.69) is 21.8 Å². The van der Waals surface area contributed by atoms with E-state index in [1.165, 1.54) is 17.6 Å². The van der Waals surface area contributed by atoms with Crippen LogP contribution in [0.4, 0.5) is 11.5 Å². The van der Waals surface area contributed by atoms with Gasteiger partial charge in [-0.25, -0.2) is 23.4 Å². The lowest BCUT2D eigenvalue weighted by Crippen LogP contribution is -2.44. The number of ether oxygens (including phenoxy) is 1. The summed E-state index contributed by atoms with van der Waals surface area (Å²) in [6.07, 6.45) is 6.58. The van der Waals surface area contributed by atoms with E-state index in [1.807, 2.05) is 23.7 Å². The Labute approximate surface area is 195 Å². The van der Waals surface area contributed by atoms with Gasteiger partial charge < -0.3 is 14.6 Å². The van der Waals surface area contributed by atoms with Crippen LogP contribution in [0.15, 0.2) is 29.9 Å². The average Bonchev–Trinajstić information content (AvgIpc) is 3.33. The first-order valence-electron chi connectivity index (χ1n) is 11.0. The first-order valence-corrected chi connectivity index (χ1v) is 13.7. The number of nitrogens with zero attached hydrogens (tertiary/aromatic N) is 5. The molecule has 11 heteroatoms. The highest BCUT2D eigenvalue weighted by Gasteiger charge is 2.37. The Balaban J connectivity index is 1.62. The summed E-state index contributed by atoms with van der Waals surface area (Å²) in [5.41, 5.74) is 2.94. The fraction of sp³-hybridized carbons (Fsp3) is 0.409. The van der Waals surface area contributed by atoms with Gasteiger partial charge in [-0.15, -0.1) is 11.3 Å². The van der Waals surface area contributed by atoms with Crippen molar-refractivity contribution < 1.29 is 13.2 Å². The second-order valence-electron chi connectivity index (χ2n) is 8.68. The number of hydrogen-bond acceptors (Lipinski definition) is 8. The third-order valence-corrected chi connectivity index (χ3v) is 8.35. The number of sulfonamides is 1. The third kappa shape index (κ3) is 3.54. The summed E-state index contributed by atoms with van der Waals surface area (Å²) >= 11 is 1.50. The van der Waals surface area contributed by atoms with E-state index in [9.17, 15) is 8.42 Å². The third-order valence-electron chi connectivity index (χ3n) is 6.19. The molecule has 1 saturated heterocycles. The monoisotopic (exact) mass is 484 g/mol. The molecule has 172 valence electrons. The topological polar surface area (TPSA) is 104 Å². The van der Waals surface area contributed by atoms with E-state index >= 15 is 0 Å². The van der Waals surface area contributed by atoms with E-state index in [1.54, 1.807) is 10.5 Å². The molecule has 33 heavy (non-hydrogen) atoms. The quantitative estimate of drug-likeness (QED) is 0.463.